The Morgan fingerprint density at radius 3 is 2.35 bits per heavy atom. The van der Waals surface area contributed by atoms with Gasteiger partial charge in [0.05, 0.1) is 17.5 Å². The number of hydrogen-bond acceptors (Lipinski definition) is 4. The fourth-order valence-corrected chi connectivity index (χ4v) is 5.25. The van der Waals surface area contributed by atoms with Crippen LogP contribution >= 0.6 is 11.6 Å². The minimum absolute atomic E-state index is 0.00336. The minimum atomic E-state index is -1.53. The van der Waals surface area contributed by atoms with Crippen molar-refractivity contribution in [3.63, 3.8) is 0 Å². The SMILES string of the molecule is Cc1ccccc1N1C(=O)C2C(c3ccc(Cl)cc3)NC(CC(C)C)(C(=O)O)C2C1=O. The standard InChI is InChI=1S/C24H25ClN2O4/c1-13(2)12-24(23(30)31)19-18(20(26-24)15-8-10-16(25)11-9-15)21(28)27(22(19)29)17-7-5-4-6-14(17)3/h4-11,13,18-20,26H,12H2,1-3H3,(H,30,31). The van der Waals surface area contributed by atoms with Crippen LogP contribution in [0.5, 0.6) is 0 Å². The predicted molar refractivity (Wildman–Crippen MR) is 118 cm³/mol. The lowest BCUT2D eigenvalue weighted by atomic mass is 9.75. The number of aryl methyl sites for hydroxylation is 1. The fourth-order valence-electron chi connectivity index (χ4n) is 5.13. The highest BCUT2D eigenvalue weighted by Crippen LogP contribution is 2.52. The molecule has 2 aromatic rings. The predicted octanol–water partition coefficient (Wildman–Crippen LogP) is 3.97. The number of amides is 2. The number of hydrogen-bond donors (Lipinski definition) is 2. The van der Waals surface area contributed by atoms with Gasteiger partial charge in [-0.25, -0.2) is 4.90 Å². The molecule has 162 valence electrons. The Morgan fingerprint density at radius 1 is 1.13 bits per heavy atom. The highest BCUT2D eigenvalue weighted by molar-refractivity contribution is 6.30. The molecule has 0 bridgehead atoms. The number of imide groups is 1. The van der Waals surface area contributed by atoms with E-state index in [1.165, 1.54) is 4.90 Å². The van der Waals surface area contributed by atoms with Crippen molar-refractivity contribution in [3.8, 4) is 0 Å². The summed E-state index contributed by atoms with van der Waals surface area (Å²) in [5, 5.41) is 14.1. The number of carboxylic acid groups (broad SMARTS) is 1. The van der Waals surface area contributed by atoms with Gasteiger partial charge in [-0.05, 0) is 48.6 Å². The van der Waals surface area contributed by atoms with E-state index in [1.54, 1.807) is 36.4 Å². The monoisotopic (exact) mass is 440 g/mol. The number of nitrogens with zero attached hydrogens (tertiary/aromatic N) is 1. The third kappa shape index (κ3) is 3.34. The van der Waals surface area contributed by atoms with E-state index in [9.17, 15) is 19.5 Å². The van der Waals surface area contributed by atoms with Gasteiger partial charge in [-0.3, -0.25) is 19.7 Å². The normalized spacial score (nSPS) is 27.8. The van der Waals surface area contributed by atoms with Crippen molar-refractivity contribution in [1.82, 2.24) is 5.32 Å². The highest BCUT2D eigenvalue weighted by atomic mass is 35.5. The molecular formula is C24H25ClN2O4. The van der Waals surface area contributed by atoms with Crippen molar-refractivity contribution in [2.75, 3.05) is 4.90 Å². The van der Waals surface area contributed by atoms with Crippen molar-refractivity contribution in [2.24, 2.45) is 17.8 Å². The second kappa shape index (κ2) is 7.77. The van der Waals surface area contributed by atoms with E-state index in [0.717, 1.165) is 11.1 Å². The molecule has 2 aliphatic rings. The van der Waals surface area contributed by atoms with Crippen LogP contribution in [0.1, 0.15) is 37.4 Å². The number of carboxylic acids is 1. The molecule has 4 rings (SSSR count). The van der Waals surface area contributed by atoms with Gasteiger partial charge in [0.25, 0.3) is 0 Å². The summed E-state index contributed by atoms with van der Waals surface area (Å²) in [6, 6.07) is 13.5. The molecule has 31 heavy (non-hydrogen) atoms. The van der Waals surface area contributed by atoms with Crippen molar-refractivity contribution >= 4 is 35.1 Å². The van der Waals surface area contributed by atoms with Gasteiger partial charge in [0.2, 0.25) is 11.8 Å². The van der Waals surface area contributed by atoms with Crippen molar-refractivity contribution < 1.29 is 19.5 Å². The summed E-state index contributed by atoms with van der Waals surface area (Å²) >= 11 is 6.03. The summed E-state index contributed by atoms with van der Waals surface area (Å²) in [5.41, 5.74) is 0.488. The van der Waals surface area contributed by atoms with E-state index in [-0.39, 0.29) is 18.2 Å². The Balaban J connectivity index is 1.88. The Kier molecular flexibility index (Phi) is 5.40. The molecular weight excluding hydrogens is 416 g/mol. The number of aliphatic carboxylic acids is 1. The summed E-state index contributed by atoms with van der Waals surface area (Å²) in [6.07, 6.45) is 0.230. The molecule has 2 N–H and O–H groups in total. The Morgan fingerprint density at radius 2 is 1.77 bits per heavy atom. The third-order valence-corrected chi connectivity index (χ3v) is 6.60. The molecule has 6 nitrogen and oxygen atoms in total. The molecule has 2 saturated heterocycles. The molecule has 2 aliphatic heterocycles. The van der Waals surface area contributed by atoms with Gasteiger partial charge in [-0.15, -0.1) is 0 Å². The first-order chi connectivity index (χ1) is 14.7. The maximum atomic E-state index is 13.7. The zero-order valence-electron chi connectivity index (χ0n) is 17.6. The summed E-state index contributed by atoms with van der Waals surface area (Å²) in [4.78, 5) is 41.1. The number of para-hydroxylation sites is 1. The lowest BCUT2D eigenvalue weighted by Crippen LogP contribution is -2.56. The van der Waals surface area contributed by atoms with Gasteiger partial charge in [-0.2, -0.15) is 0 Å². The lowest BCUT2D eigenvalue weighted by Gasteiger charge is -2.32. The molecule has 0 spiro atoms. The maximum Gasteiger partial charge on any atom is 0.324 e. The minimum Gasteiger partial charge on any atom is -0.480 e. The number of carbonyl (C=O) groups is 3. The fraction of sp³-hybridized carbons (Fsp3) is 0.375. The van der Waals surface area contributed by atoms with Crippen LogP contribution in [-0.4, -0.2) is 28.4 Å². The average Bonchev–Trinajstić information content (AvgIpc) is 3.18. The number of nitrogens with one attached hydrogen (secondary N) is 1. The summed E-state index contributed by atoms with van der Waals surface area (Å²) < 4.78 is 0. The number of benzene rings is 2. The number of halogens is 1. The molecule has 0 aromatic heterocycles. The van der Waals surface area contributed by atoms with Gasteiger partial charge in [0.1, 0.15) is 5.54 Å². The van der Waals surface area contributed by atoms with Crippen molar-refractivity contribution in [1.29, 1.82) is 0 Å². The first kappa shape index (κ1) is 21.5. The number of rotatable bonds is 5. The summed E-state index contributed by atoms with van der Waals surface area (Å²) in [5.74, 6) is -3.76. The van der Waals surface area contributed by atoms with E-state index >= 15 is 0 Å². The van der Waals surface area contributed by atoms with Gasteiger partial charge < -0.3 is 5.11 Å². The summed E-state index contributed by atoms with van der Waals surface area (Å²) in [6.45, 7) is 5.66. The molecule has 4 unspecified atom stereocenters. The average molecular weight is 441 g/mol. The molecule has 4 atom stereocenters. The molecule has 0 radical (unpaired) electrons. The van der Waals surface area contributed by atoms with Gasteiger partial charge in [0.15, 0.2) is 0 Å². The van der Waals surface area contributed by atoms with Crippen LogP contribution < -0.4 is 10.2 Å². The van der Waals surface area contributed by atoms with E-state index in [4.69, 9.17) is 11.6 Å². The van der Waals surface area contributed by atoms with Gasteiger partial charge >= 0.3 is 5.97 Å². The second-order valence-electron chi connectivity index (χ2n) is 8.85. The zero-order valence-corrected chi connectivity index (χ0v) is 18.4. The van der Waals surface area contributed by atoms with Crippen LogP contribution in [0.3, 0.4) is 0 Å². The zero-order chi connectivity index (χ0) is 22.5. The van der Waals surface area contributed by atoms with Crippen LogP contribution in [0.15, 0.2) is 48.5 Å². The Labute approximate surface area is 186 Å². The number of fused-ring (bicyclic) bond motifs is 1. The topological polar surface area (TPSA) is 86.7 Å². The van der Waals surface area contributed by atoms with Crippen LogP contribution in [0.25, 0.3) is 0 Å². The first-order valence-electron chi connectivity index (χ1n) is 10.4. The smallest absolute Gasteiger partial charge is 0.324 e. The molecule has 0 saturated carbocycles. The van der Waals surface area contributed by atoms with E-state index in [2.05, 4.69) is 5.32 Å². The summed E-state index contributed by atoms with van der Waals surface area (Å²) in [7, 11) is 0. The van der Waals surface area contributed by atoms with Crippen LogP contribution in [-0.2, 0) is 14.4 Å². The Hall–Kier alpha value is -2.70. The largest absolute Gasteiger partial charge is 0.480 e. The van der Waals surface area contributed by atoms with Crippen LogP contribution in [0.2, 0.25) is 5.02 Å². The van der Waals surface area contributed by atoms with Crippen LogP contribution in [0.4, 0.5) is 5.69 Å². The van der Waals surface area contributed by atoms with E-state index in [1.807, 2.05) is 32.9 Å². The number of carbonyl (C=O) groups excluding carboxylic acids is 2. The molecule has 7 heteroatoms. The second-order valence-corrected chi connectivity index (χ2v) is 9.29. The highest BCUT2D eigenvalue weighted by Gasteiger charge is 2.68. The van der Waals surface area contributed by atoms with Gasteiger partial charge in [0, 0.05) is 11.1 Å². The van der Waals surface area contributed by atoms with E-state index < -0.39 is 35.3 Å². The van der Waals surface area contributed by atoms with Gasteiger partial charge in [-0.1, -0.05) is 55.8 Å². The number of anilines is 1. The Bertz CT molecular complexity index is 1050. The molecule has 2 amide bonds. The van der Waals surface area contributed by atoms with Crippen molar-refractivity contribution in [3.05, 3.63) is 64.7 Å². The van der Waals surface area contributed by atoms with Crippen LogP contribution in [0, 0.1) is 24.7 Å². The third-order valence-electron chi connectivity index (χ3n) is 6.35. The quantitative estimate of drug-likeness (QED) is 0.687. The molecule has 2 fully saturated rings. The maximum absolute atomic E-state index is 13.7. The molecule has 2 heterocycles. The molecule has 2 aromatic carbocycles. The molecule has 0 aliphatic carbocycles. The van der Waals surface area contributed by atoms with Crippen molar-refractivity contribution in [2.45, 2.75) is 38.8 Å². The first-order valence-corrected chi connectivity index (χ1v) is 10.7. The van der Waals surface area contributed by atoms with E-state index in [0.29, 0.717) is 10.7 Å². The lowest BCUT2D eigenvalue weighted by molar-refractivity contribution is -0.149.